The Kier molecular flexibility index (Phi) is 1.47. The normalized spacial score (nSPS) is 10.3. The molecule has 0 aliphatic carbocycles. The zero-order valence-corrected chi connectivity index (χ0v) is 6.85. The molecule has 3 nitrogen and oxygen atoms in total. The van der Waals surface area contributed by atoms with Gasteiger partial charge in [0, 0.05) is 18.6 Å². The molecule has 11 heavy (non-hydrogen) atoms. The van der Waals surface area contributed by atoms with E-state index < -0.39 is 0 Å². The standard InChI is InChI=1S/C7H7N3S/c1-8-7-9-4-5-2-3-11-6(5)10-7/h2-4H,1H3,(H,8,9,10). The number of nitrogens with zero attached hydrogens (tertiary/aromatic N) is 2. The summed E-state index contributed by atoms with van der Waals surface area (Å²) in [5.41, 5.74) is 0. The van der Waals surface area contributed by atoms with Crippen LogP contribution < -0.4 is 5.32 Å². The molecule has 0 radical (unpaired) electrons. The molecule has 1 N–H and O–H groups in total. The number of nitrogens with one attached hydrogen (secondary N) is 1. The number of fused-ring (bicyclic) bond motifs is 1. The van der Waals surface area contributed by atoms with Gasteiger partial charge in [-0.15, -0.1) is 11.3 Å². The van der Waals surface area contributed by atoms with Crippen LogP contribution in [0.1, 0.15) is 0 Å². The third-order valence-corrected chi connectivity index (χ3v) is 2.25. The molecule has 0 fully saturated rings. The average Bonchev–Trinajstić information content (AvgIpc) is 2.50. The summed E-state index contributed by atoms with van der Waals surface area (Å²) in [6.45, 7) is 0. The van der Waals surface area contributed by atoms with E-state index in [1.165, 1.54) is 0 Å². The molecular formula is C7H7N3S. The van der Waals surface area contributed by atoms with Gasteiger partial charge in [0.25, 0.3) is 0 Å². The molecule has 0 spiro atoms. The summed E-state index contributed by atoms with van der Waals surface area (Å²) < 4.78 is 0. The van der Waals surface area contributed by atoms with E-state index in [9.17, 15) is 0 Å². The summed E-state index contributed by atoms with van der Waals surface area (Å²) in [6.07, 6.45) is 1.82. The Hall–Kier alpha value is -1.16. The first-order valence-corrected chi connectivity index (χ1v) is 4.16. The highest BCUT2D eigenvalue weighted by molar-refractivity contribution is 7.16. The van der Waals surface area contributed by atoms with E-state index in [4.69, 9.17) is 0 Å². The number of rotatable bonds is 1. The largest absolute Gasteiger partial charge is 0.357 e. The third kappa shape index (κ3) is 1.05. The van der Waals surface area contributed by atoms with Gasteiger partial charge in [0.05, 0.1) is 0 Å². The highest BCUT2D eigenvalue weighted by atomic mass is 32.1. The molecule has 2 aromatic heterocycles. The lowest BCUT2D eigenvalue weighted by atomic mass is 10.4. The highest BCUT2D eigenvalue weighted by Gasteiger charge is 1.97. The zero-order chi connectivity index (χ0) is 7.68. The smallest absolute Gasteiger partial charge is 0.223 e. The zero-order valence-electron chi connectivity index (χ0n) is 6.03. The van der Waals surface area contributed by atoms with E-state index in [0.717, 1.165) is 10.2 Å². The van der Waals surface area contributed by atoms with Crippen LogP contribution in [-0.4, -0.2) is 17.0 Å². The van der Waals surface area contributed by atoms with Crippen molar-refractivity contribution in [3.8, 4) is 0 Å². The van der Waals surface area contributed by atoms with Gasteiger partial charge in [-0.2, -0.15) is 0 Å². The lowest BCUT2D eigenvalue weighted by Crippen LogP contribution is -1.93. The number of hydrogen-bond acceptors (Lipinski definition) is 4. The van der Waals surface area contributed by atoms with Crippen LogP contribution in [0.4, 0.5) is 5.95 Å². The SMILES string of the molecule is CNc1ncc2ccsc2n1. The topological polar surface area (TPSA) is 37.8 Å². The predicted molar refractivity (Wildman–Crippen MR) is 47.0 cm³/mol. The monoisotopic (exact) mass is 165 g/mol. The molecular weight excluding hydrogens is 158 g/mol. The summed E-state index contributed by atoms with van der Waals surface area (Å²) >= 11 is 1.63. The van der Waals surface area contributed by atoms with Gasteiger partial charge in [-0.05, 0) is 11.4 Å². The predicted octanol–water partition coefficient (Wildman–Crippen LogP) is 1.73. The van der Waals surface area contributed by atoms with Crippen molar-refractivity contribution < 1.29 is 0 Å². The van der Waals surface area contributed by atoms with Gasteiger partial charge in [-0.1, -0.05) is 0 Å². The van der Waals surface area contributed by atoms with Crippen LogP contribution in [0.25, 0.3) is 10.2 Å². The van der Waals surface area contributed by atoms with Gasteiger partial charge in [0.2, 0.25) is 5.95 Å². The second-order valence-electron chi connectivity index (χ2n) is 2.12. The van der Waals surface area contributed by atoms with Crippen LogP contribution >= 0.6 is 11.3 Å². The maximum atomic E-state index is 4.25. The Morgan fingerprint density at radius 3 is 3.27 bits per heavy atom. The van der Waals surface area contributed by atoms with Crippen molar-refractivity contribution in [3.63, 3.8) is 0 Å². The van der Waals surface area contributed by atoms with E-state index in [2.05, 4.69) is 15.3 Å². The molecule has 0 saturated carbocycles. The molecule has 0 amide bonds. The van der Waals surface area contributed by atoms with Crippen LogP contribution in [0.15, 0.2) is 17.6 Å². The molecule has 2 heterocycles. The van der Waals surface area contributed by atoms with E-state index in [1.807, 2.05) is 24.7 Å². The van der Waals surface area contributed by atoms with Crippen molar-refractivity contribution >= 4 is 27.5 Å². The quantitative estimate of drug-likeness (QED) is 0.699. The van der Waals surface area contributed by atoms with Crippen molar-refractivity contribution in [1.29, 1.82) is 0 Å². The molecule has 0 aromatic carbocycles. The second kappa shape index (κ2) is 2.47. The maximum Gasteiger partial charge on any atom is 0.223 e. The number of hydrogen-bond donors (Lipinski definition) is 1. The fourth-order valence-electron chi connectivity index (χ4n) is 0.876. The van der Waals surface area contributed by atoms with E-state index in [-0.39, 0.29) is 0 Å². The van der Waals surface area contributed by atoms with E-state index in [1.54, 1.807) is 11.3 Å². The fourth-order valence-corrected chi connectivity index (χ4v) is 1.62. The van der Waals surface area contributed by atoms with E-state index in [0.29, 0.717) is 5.95 Å². The minimum atomic E-state index is 0.681. The molecule has 0 aliphatic rings. The van der Waals surface area contributed by atoms with Crippen molar-refractivity contribution in [2.24, 2.45) is 0 Å². The summed E-state index contributed by atoms with van der Waals surface area (Å²) in [7, 11) is 1.81. The van der Waals surface area contributed by atoms with Crippen molar-refractivity contribution in [2.45, 2.75) is 0 Å². The number of aromatic nitrogens is 2. The number of anilines is 1. The molecule has 4 heteroatoms. The molecule has 0 unspecified atom stereocenters. The lowest BCUT2D eigenvalue weighted by Gasteiger charge is -1.94. The Bertz CT molecular complexity index is 368. The van der Waals surface area contributed by atoms with Crippen molar-refractivity contribution in [1.82, 2.24) is 9.97 Å². The van der Waals surface area contributed by atoms with Gasteiger partial charge < -0.3 is 5.32 Å². The summed E-state index contributed by atoms with van der Waals surface area (Å²) in [6, 6.07) is 2.01. The van der Waals surface area contributed by atoms with Gasteiger partial charge in [0.15, 0.2) is 0 Å². The van der Waals surface area contributed by atoms with Crippen LogP contribution in [0.5, 0.6) is 0 Å². The maximum absolute atomic E-state index is 4.25. The average molecular weight is 165 g/mol. The molecule has 0 atom stereocenters. The molecule has 2 aromatic rings. The second-order valence-corrected chi connectivity index (χ2v) is 3.02. The van der Waals surface area contributed by atoms with Gasteiger partial charge >= 0.3 is 0 Å². The first-order chi connectivity index (χ1) is 5.40. The minimum absolute atomic E-state index is 0.681. The molecule has 0 bridgehead atoms. The van der Waals surface area contributed by atoms with Crippen LogP contribution in [0.3, 0.4) is 0 Å². The van der Waals surface area contributed by atoms with E-state index >= 15 is 0 Å². The minimum Gasteiger partial charge on any atom is -0.357 e. The van der Waals surface area contributed by atoms with Crippen LogP contribution in [0, 0.1) is 0 Å². The van der Waals surface area contributed by atoms with Crippen LogP contribution in [0.2, 0.25) is 0 Å². The Labute approximate surface area is 68.1 Å². The molecule has 0 aliphatic heterocycles. The molecule has 56 valence electrons. The summed E-state index contributed by atoms with van der Waals surface area (Å²) in [5, 5.41) is 6.01. The molecule has 2 rings (SSSR count). The Morgan fingerprint density at radius 1 is 1.55 bits per heavy atom. The first kappa shape index (κ1) is 6.54. The summed E-state index contributed by atoms with van der Waals surface area (Å²) in [4.78, 5) is 9.36. The lowest BCUT2D eigenvalue weighted by molar-refractivity contribution is 1.20. The van der Waals surface area contributed by atoms with Gasteiger partial charge in [0.1, 0.15) is 4.83 Å². The Morgan fingerprint density at radius 2 is 2.45 bits per heavy atom. The van der Waals surface area contributed by atoms with Crippen molar-refractivity contribution in [3.05, 3.63) is 17.6 Å². The fraction of sp³-hybridized carbons (Fsp3) is 0.143. The van der Waals surface area contributed by atoms with Gasteiger partial charge in [-0.25, -0.2) is 9.97 Å². The molecule has 0 saturated heterocycles. The Balaban J connectivity index is 2.67. The summed E-state index contributed by atoms with van der Waals surface area (Å²) in [5.74, 6) is 0.681. The third-order valence-electron chi connectivity index (χ3n) is 1.43. The van der Waals surface area contributed by atoms with Crippen LogP contribution in [-0.2, 0) is 0 Å². The number of thiophene rings is 1. The van der Waals surface area contributed by atoms with Crippen molar-refractivity contribution in [2.75, 3.05) is 12.4 Å². The first-order valence-electron chi connectivity index (χ1n) is 3.28. The highest BCUT2D eigenvalue weighted by Crippen LogP contribution is 2.17. The van der Waals surface area contributed by atoms with Gasteiger partial charge in [-0.3, -0.25) is 0 Å².